The second-order valence-corrected chi connectivity index (χ2v) is 20.1. The molecule has 0 aliphatic heterocycles. The van der Waals surface area contributed by atoms with Gasteiger partial charge in [-0.2, -0.15) is 0 Å². The van der Waals surface area contributed by atoms with Crippen molar-refractivity contribution < 1.29 is 8.85 Å². The second-order valence-electron chi connectivity index (χ2n) is 7.81. The highest BCUT2D eigenvalue weighted by Crippen LogP contribution is 2.20. The summed E-state index contributed by atoms with van der Waals surface area (Å²) in [5.74, 6) is 0. The van der Waals surface area contributed by atoms with E-state index in [1.165, 1.54) is 13.0 Å². The van der Waals surface area contributed by atoms with Gasteiger partial charge in [0.2, 0.25) is 0 Å². The third-order valence-electron chi connectivity index (χ3n) is 3.46. The maximum Gasteiger partial charge on any atom is 0.321 e. The lowest BCUT2D eigenvalue weighted by Gasteiger charge is -2.43. The molecule has 0 fully saturated rings. The monoisotopic (exact) mass is 349 g/mol. The van der Waals surface area contributed by atoms with Crippen LogP contribution in [0.25, 0.3) is 0 Å². The lowest BCUT2D eigenvalue weighted by atomic mass is 10.5. The molecule has 0 saturated heterocycles. The second kappa shape index (κ2) is 10.3. The fourth-order valence-electron chi connectivity index (χ4n) is 2.81. The minimum Gasteiger partial charge on any atom is -0.397 e. The SMILES string of the molecule is CCCO[SiH](CCCN([Si](C)(C)C)[Si](C)(C)C)OCCC. The van der Waals surface area contributed by atoms with Crippen LogP contribution in [-0.2, 0) is 8.85 Å². The first-order chi connectivity index (χ1) is 9.62. The van der Waals surface area contributed by atoms with Crippen molar-refractivity contribution in [2.45, 2.75) is 78.4 Å². The van der Waals surface area contributed by atoms with Crippen molar-refractivity contribution in [2.24, 2.45) is 0 Å². The Morgan fingerprint density at radius 2 is 1.24 bits per heavy atom. The quantitative estimate of drug-likeness (QED) is 0.487. The van der Waals surface area contributed by atoms with E-state index < -0.39 is 25.8 Å². The number of hydrogen-bond donors (Lipinski definition) is 0. The third-order valence-corrected chi connectivity index (χ3v) is 13.3. The van der Waals surface area contributed by atoms with Gasteiger partial charge in [-0.15, -0.1) is 0 Å². The average Bonchev–Trinajstić information content (AvgIpc) is 2.33. The number of rotatable bonds is 12. The van der Waals surface area contributed by atoms with Crippen LogP contribution in [0.5, 0.6) is 0 Å². The molecular formula is C15H39NO2Si3. The van der Waals surface area contributed by atoms with Crippen LogP contribution in [-0.4, -0.2) is 49.7 Å². The minimum atomic E-state index is -1.43. The molecule has 0 rings (SSSR count). The summed E-state index contributed by atoms with van der Waals surface area (Å²) >= 11 is 0. The molecule has 0 aliphatic rings. The van der Waals surface area contributed by atoms with E-state index in [0.717, 1.165) is 32.1 Å². The van der Waals surface area contributed by atoms with Crippen LogP contribution in [0.4, 0.5) is 0 Å². The maximum absolute atomic E-state index is 5.97. The van der Waals surface area contributed by atoms with Gasteiger partial charge in [0.1, 0.15) is 16.5 Å². The molecule has 0 unspecified atom stereocenters. The predicted octanol–water partition coefficient (Wildman–Crippen LogP) is 4.42. The number of nitrogens with zero attached hydrogens (tertiary/aromatic N) is 1. The van der Waals surface area contributed by atoms with E-state index in [-0.39, 0.29) is 0 Å². The van der Waals surface area contributed by atoms with Gasteiger partial charge >= 0.3 is 9.28 Å². The standard InChI is InChI=1S/C15H39NO2Si3/c1-9-13-17-19(18-14-10-2)15-11-12-16(20(3,4)5)21(6,7)8/h19H,9-15H2,1-8H3. The molecule has 0 aromatic carbocycles. The van der Waals surface area contributed by atoms with Crippen molar-refractivity contribution in [3.05, 3.63) is 0 Å². The third kappa shape index (κ3) is 10.0. The zero-order valence-corrected chi connectivity index (χ0v) is 18.9. The molecular weight excluding hydrogens is 310 g/mol. The molecule has 0 aliphatic carbocycles. The van der Waals surface area contributed by atoms with Gasteiger partial charge in [0, 0.05) is 13.2 Å². The summed E-state index contributed by atoms with van der Waals surface area (Å²) in [5.41, 5.74) is 0. The van der Waals surface area contributed by atoms with Crippen LogP contribution < -0.4 is 0 Å². The van der Waals surface area contributed by atoms with Crippen molar-refractivity contribution in [1.29, 1.82) is 0 Å². The van der Waals surface area contributed by atoms with Gasteiger partial charge in [0.05, 0.1) is 0 Å². The largest absolute Gasteiger partial charge is 0.397 e. The Bertz CT molecular complexity index is 243. The molecule has 3 nitrogen and oxygen atoms in total. The maximum atomic E-state index is 5.97. The molecule has 0 radical (unpaired) electrons. The molecule has 0 heterocycles. The topological polar surface area (TPSA) is 21.7 Å². The normalized spacial score (nSPS) is 13.4. The van der Waals surface area contributed by atoms with E-state index in [0.29, 0.717) is 0 Å². The summed E-state index contributed by atoms with van der Waals surface area (Å²) in [6.07, 6.45) is 3.42. The molecule has 6 heteroatoms. The van der Waals surface area contributed by atoms with Crippen molar-refractivity contribution in [3.63, 3.8) is 0 Å². The molecule has 0 amide bonds. The Morgan fingerprint density at radius 3 is 1.57 bits per heavy atom. The summed E-state index contributed by atoms with van der Waals surface area (Å²) in [7, 11) is -3.86. The van der Waals surface area contributed by atoms with Gasteiger partial charge in [-0.3, -0.25) is 0 Å². The molecule has 0 aromatic heterocycles. The van der Waals surface area contributed by atoms with Crippen molar-refractivity contribution in [2.75, 3.05) is 19.8 Å². The summed E-state index contributed by atoms with van der Waals surface area (Å²) in [4.78, 5) is 0. The minimum absolute atomic E-state index is 0.867. The Morgan fingerprint density at radius 1 is 0.810 bits per heavy atom. The average molecular weight is 350 g/mol. The summed E-state index contributed by atoms with van der Waals surface area (Å²) in [6.45, 7) is 22.2. The summed E-state index contributed by atoms with van der Waals surface area (Å²) in [6, 6.07) is 1.16. The Kier molecular flexibility index (Phi) is 10.6. The Labute approximate surface area is 137 Å². The van der Waals surface area contributed by atoms with Crippen molar-refractivity contribution >= 4 is 25.8 Å². The van der Waals surface area contributed by atoms with Gasteiger partial charge in [0.25, 0.3) is 0 Å². The molecule has 0 spiro atoms. The zero-order chi connectivity index (χ0) is 16.5. The van der Waals surface area contributed by atoms with Crippen LogP contribution in [0.2, 0.25) is 45.3 Å². The van der Waals surface area contributed by atoms with Gasteiger partial charge in [0.15, 0.2) is 0 Å². The Hall–Kier alpha value is 0.531. The molecule has 128 valence electrons. The highest BCUT2D eigenvalue weighted by Gasteiger charge is 2.33. The van der Waals surface area contributed by atoms with Crippen molar-refractivity contribution in [1.82, 2.24) is 4.23 Å². The van der Waals surface area contributed by atoms with Gasteiger partial charge in [-0.1, -0.05) is 53.1 Å². The van der Waals surface area contributed by atoms with Gasteiger partial charge < -0.3 is 13.1 Å². The smallest absolute Gasteiger partial charge is 0.321 e. The lowest BCUT2D eigenvalue weighted by molar-refractivity contribution is 0.195. The van der Waals surface area contributed by atoms with Crippen LogP contribution in [0.1, 0.15) is 33.1 Å². The highest BCUT2D eigenvalue weighted by atomic mass is 28.4. The van der Waals surface area contributed by atoms with Crippen LogP contribution in [0.3, 0.4) is 0 Å². The molecule has 0 bridgehead atoms. The fourth-order valence-corrected chi connectivity index (χ4v) is 14.5. The molecule has 0 saturated carbocycles. The summed E-state index contributed by atoms with van der Waals surface area (Å²) in [5, 5.41) is 0. The molecule has 0 N–H and O–H groups in total. The van der Waals surface area contributed by atoms with E-state index >= 15 is 0 Å². The molecule has 0 atom stereocenters. The van der Waals surface area contributed by atoms with Crippen LogP contribution in [0.15, 0.2) is 0 Å². The van der Waals surface area contributed by atoms with E-state index in [2.05, 4.69) is 57.4 Å². The fraction of sp³-hybridized carbons (Fsp3) is 1.00. The van der Waals surface area contributed by atoms with E-state index in [4.69, 9.17) is 8.85 Å². The summed E-state index contributed by atoms with van der Waals surface area (Å²) < 4.78 is 14.8. The van der Waals surface area contributed by atoms with E-state index in [1.54, 1.807) is 0 Å². The van der Waals surface area contributed by atoms with Crippen LogP contribution >= 0.6 is 0 Å². The van der Waals surface area contributed by atoms with Gasteiger partial charge in [-0.25, -0.2) is 0 Å². The zero-order valence-electron chi connectivity index (χ0n) is 15.8. The van der Waals surface area contributed by atoms with Crippen molar-refractivity contribution in [3.8, 4) is 0 Å². The lowest BCUT2D eigenvalue weighted by Crippen LogP contribution is -2.59. The first kappa shape index (κ1) is 21.5. The first-order valence-corrected chi connectivity index (χ1v) is 17.3. The molecule has 21 heavy (non-hydrogen) atoms. The van der Waals surface area contributed by atoms with Crippen LogP contribution in [0, 0.1) is 0 Å². The highest BCUT2D eigenvalue weighted by molar-refractivity contribution is 6.89. The first-order valence-electron chi connectivity index (χ1n) is 8.63. The molecule has 0 aromatic rings. The Balaban J connectivity index is 4.37. The number of hydrogen-bond acceptors (Lipinski definition) is 3. The van der Waals surface area contributed by atoms with E-state index in [1.807, 2.05) is 0 Å². The predicted molar refractivity (Wildman–Crippen MR) is 102 cm³/mol. The van der Waals surface area contributed by atoms with E-state index in [9.17, 15) is 0 Å². The van der Waals surface area contributed by atoms with Gasteiger partial charge in [-0.05, 0) is 31.9 Å².